The zero-order chi connectivity index (χ0) is 24.8. The molecule has 0 amide bonds. The Morgan fingerprint density at radius 1 is 1.11 bits per heavy atom. The third kappa shape index (κ3) is 5.72. The van der Waals surface area contributed by atoms with Crippen molar-refractivity contribution in [3.8, 4) is 5.75 Å². The summed E-state index contributed by atoms with van der Waals surface area (Å²) >= 11 is 0. The molecular formula is C25H29FN6O3. The second-order valence-electron chi connectivity index (χ2n) is 8.29. The van der Waals surface area contributed by atoms with Crippen molar-refractivity contribution in [3.05, 3.63) is 81.7 Å². The fourth-order valence-electron chi connectivity index (χ4n) is 4.19. The summed E-state index contributed by atoms with van der Waals surface area (Å²) in [5.41, 5.74) is 2.09. The SMILES string of the molecule is CC[C@@H](c1nnnn1CCOC)N(Cc1ccc(F)cc1)Cc1cc2cc(OC)ccc2[nH]c1=O. The van der Waals surface area contributed by atoms with Crippen LogP contribution in [0.4, 0.5) is 4.39 Å². The van der Waals surface area contributed by atoms with Gasteiger partial charge in [-0.1, -0.05) is 19.1 Å². The summed E-state index contributed by atoms with van der Waals surface area (Å²) in [6.07, 6.45) is 0.702. The van der Waals surface area contributed by atoms with E-state index in [0.717, 1.165) is 16.5 Å². The van der Waals surface area contributed by atoms with E-state index in [1.807, 2.05) is 31.2 Å². The van der Waals surface area contributed by atoms with Gasteiger partial charge in [0.25, 0.3) is 5.56 Å². The molecule has 1 atom stereocenters. The highest BCUT2D eigenvalue weighted by atomic mass is 19.1. The Kier molecular flexibility index (Phi) is 7.84. The van der Waals surface area contributed by atoms with E-state index in [1.165, 1.54) is 12.1 Å². The minimum atomic E-state index is -0.296. The lowest BCUT2D eigenvalue weighted by molar-refractivity contribution is 0.151. The van der Waals surface area contributed by atoms with Crippen LogP contribution in [0.5, 0.6) is 5.75 Å². The lowest BCUT2D eigenvalue weighted by atomic mass is 10.1. The molecule has 2 heterocycles. The number of aromatic amines is 1. The van der Waals surface area contributed by atoms with Gasteiger partial charge in [0, 0.05) is 36.7 Å². The number of methoxy groups -OCH3 is 2. The molecule has 10 heteroatoms. The number of H-pyrrole nitrogens is 1. The number of benzene rings is 2. The summed E-state index contributed by atoms with van der Waals surface area (Å²) in [5.74, 6) is 1.10. The Balaban J connectivity index is 1.73. The third-order valence-corrected chi connectivity index (χ3v) is 5.99. The standard InChI is InChI=1S/C25H29FN6O3/c1-4-23(24-28-29-30-32(24)11-12-34-2)31(15-17-5-7-20(26)8-6-17)16-19-13-18-14-21(35-3)9-10-22(18)27-25(19)33/h5-10,13-14,23H,4,11-12,15-16H2,1-3H3,(H,27,33)/t23-/m0/s1. The number of nitrogens with zero attached hydrogens (tertiary/aromatic N) is 5. The number of halogens is 1. The van der Waals surface area contributed by atoms with Gasteiger partial charge >= 0.3 is 0 Å². The average Bonchev–Trinajstić information content (AvgIpc) is 3.32. The van der Waals surface area contributed by atoms with Crippen molar-refractivity contribution in [2.45, 2.75) is 39.0 Å². The Hall–Kier alpha value is -3.63. The minimum Gasteiger partial charge on any atom is -0.497 e. The maximum absolute atomic E-state index is 13.5. The van der Waals surface area contributed by atoms with Crippen molar-refractivity contribution in [2.24, 2.45) is 0 Å². The highest BCUT2D eigenvalue weighted by Gasteiger charge is 2.26. The van der Waals surface area contributed by atoms with E-state index < -0.39 is 0 Å². The van der Waals surface area contributed by atoms with Gasteiger partial charge in [0.2, 0.25) is 0 Å². The van der Waals surface area contributed by atoms with Gasteiger partial charge in [-0.05, 0) is 58.8 Å². The summed E-state index contributed by atoms with van der Waals surface area (Å²) in [6, 6.07) is 13.6. The van der Waals surface area contributed by atoms with Crippen LogP contribution in [0.3, 0.4) is 0 Å². The molecule has 1 N–H and O–H groups in total. The van der Waals surface area contributed by atoms with Gasteiger partial charge < -0.3 is 14.5 Å². The fourth-order valence-corrected chi connectivity index (χ4v) is 4.19. The van der Waals surface area contributed by atoms with E-state index in [-0.39, 0.29) is 17.4 Å². The molecule has 4 rings (SSSR count). The number of ether oxygens (including phenoxy) is 2. The molecule has 0 radical (unpaired) electrons. The van der Waals surface area contributed by atoms with E-state index in [1.54, 1.807) is 31.0 Å². The molecular weight excluding hydrogens is 451 g/mol. The monoisotopic (exact) mass is 480 g/mol. The molecule has 0 aliphatic heterocycles. The zero-order valence-corrected chi connectivity index (χ0v) is 20.1. The maximum atomic E-state index is 13.5. The predicted molar refractivity (Wildman–Crippen MR) is 129 cm³/mol. The quantitative estimate of drug-likeness (QED) is 0.351. The highest BCUT2D eigenvalue weighted by molar-refractivity contribution is 5.80. The molecule has 2 aromatic heterocycles. The highest BCUT2D eigenvalue weighted by Crippen LogP contribution is 2.27. The molecule has 0 aliphatic rings. The normalized spacial score (nSPS) is 12.4. The van der Waals surface area contributed by atoms with Crippen LogP contribution in [0, 0.1) is 5.82 Å². The molecule has 0 fully saturated rings. The number of tetrazole rings is 1. The molecule has 0 unspecified atom stereocenters. The smallest absolute Gasteiger partial charge is 0.252 e. The second kappa shape index (κ2) is 11.2. The van der Waals surface area contributed by atoms with Crippen LogP contribution in [0.1, 0.15) is 36.3 Å². The van der Waals surface area contributed by atoms with Gasteiger partial charge in [-0.15, -0.1) is 5.10 Å². The Morgan fingerprint density at radius 2 is 1.91 bits per heavy atom. The number of fused-ring (bicyclic) bond motifs is 1. The first-order valence-corrected chi connectivity index (χ1v) is 11.5. The summed E-state index contributed by atoms with van der Waals surface area (Å²) < 4.78 is 25.8. The first kappa shape index (κ1) is 24.5. The van der Waals surface area contributed by atoms with E-state index in [4.69, 9.17) is 9.47 Å². The van der Waals surface area contributed by atoms with Crippen LogP contribution in [-0.4, -0.2) is 50.9 Å². The first-order chi connectivity index (χ1) is 17.0. The molecule has 0 saturated carbocycles. The van der Waals surface area contributed by atoms with E-state index in [2.05, 4.69) is 25.4 Å². The Morgan fingerprint density at radius 3 is 2.63 bits per heavy atom. The average molecular weight is 481 g/mol. The van der Waals surface area contributed by atoms with Gasteiger partial charge in [0.15, 0.2) is 5.82 Å². The van der Waals surface area contributed by atoms with Crippen LogP contribution < -0.4 is 10.3 Å². The number of nitrogens with one attached hydrogen (secondary N) is 1. The number of aromatic nitrogens is 5. The van der Waals surface area contributed by atoms with Crippen molar-refractivity contribution in [2.75, 3.05) is 20.8 Å². The Labute approximate surface area is 202 Å². The van der Waals surface area contributed by atoms with Crippen LogP contribution in [-0.2, 0) is 24.4 Å². The predicted octanol–water partition coefficient (Wildman–Crippen LogP) is 3.46. The number of hydrogen-bond donors (Lipinski definition) is 1. The number of hydrogen-bond acceptors (Lipinski definition) is 7. The van der Waals surface area contributed by atoms with Crippen molar-refractivity contribution in [1.82, 2.24) is 30.1 Å². The van der Waals surface area contributed by atoms with Gasteiger partial charge in [0.1, 0.15) is 11.6 Å². The van der Waals surface area contributed by atoms with E-state index in [9.17, 15) is 9.18 Å². The van der Waals surface area contributed by atoms with Crippen LogP contribution in [0.2, 0.25) is 0 Å². The molecule has 184 valence electrons. The van der Waals surface area contributed by atoms with Gasteiger partial charge in [0.05, 0.1) is 26.3 Å². The lowest BCUT2D eigenvalue weighted by Gasteiger charge is -2.30. The second-order valence-corrected chi connectivity index (χ2v) is 8.29. The molecule has 9 nitrogen and oxygen atoms in total. The van der Waals surface area contributed by atoms with Crippen molar-refractivity contribution in [1.29, 1.82) is 0 Å². The zero-order valence-electron chi connectivity index (χ0n) is 20.1. The molecule has 4 aromatic rings. The summed E-state index contributed by atoms with van der Waals surface area (Å²) in [4.78, 5) is 18.1. The van der Waals surface area contributed by atoms with Crippen molar-refractivity contribution in [3.63, 3.8) is 0 Å². The fraction of sp³-hybridized carbons (Fsp3) is 0.360. The summed E-state index contributed by atoms with van der Waals surface area (Å²) in [6.45, 7) is 3.85. The Bertz CT molecular complexity index is 1320. The molecule has 2 aromatic carbocycles. The third-order valence-electron chi connectivity index (χ3n) is 5.99. The molecule has 0 saturated heterocycles. The maximum Gasteiger partial charge on any atom is 0.252 e. The van der Waals surface area contributed by atoms with Gasteiger partial charge in [-0.3, -0.25) is 9.69 Å². The largest absolute Gasteiger partial charge is 0.497 e. The number of rotatable bonds is 11. The van der Waals surface area contributed by atoms with E-state index in [0.29, 0.717) is 49.8 Å². The lowest BCUT2D eigenvalue weighted by Crippen LogP contribution is -2.32. The van der Waals surface area contributed by atoms with Crippen LogP contribution in [0.15, 0.2) is 53.3 Å². The van der Waals surface area contributed by atoms with Gasteiger partial charge in [-0.25, -0.2) is 9.07 Å². The van der Waals surface area contributed by atoms with Gasteiger partial charge in [-0.2, -0.15) is 0 Å². The van der Waals surface area contributed by atoms with Crippen molar-refractivity contribution >= 4 is 10.9 Å². The molecule has 35 heavy (non-hydrogen) atoms. The first-order valence-electron chi connectivity index (χ1n) is 11.5. The minimum absolute atomic E-state index is 0.166. The van der Waals surface area contributed by atoms with Crippen molar-refractivity contribution < 1.29 is 13.9 Å². The molecule has 0 bridgehead atoms. The van der Waals surface area contributed by atoms with Crippen LogP contribution >= 0.6 is 0 Å². The molecule has 0 aliphatic carbocycles. The number of pyridine rings is 1. The van der Waals surface area contributed by atoms with Crippen LogP contribution in [0.25, 0.3) is 10.9 Å². The summed E-state index contributed by atoms with van der Waals surface area (Å²) in [5, 5.41) is 13.2. The summed E-state index contributed by atoms with van der Waals surface area (Å²) in [7, 11) is 3.24. The molecule has 0 spiro atoms. The topological polar surface area (TPSA) is 98.2 Å². The van der Waals surface area contributed by atoms with E-state index >= 15 is 0 Å².